The maximum absolute atomic E-state index is 12.9. The van der Waals surface area contributed by atoms with Crippen molar-refractivity contribution in [2.24, 2.45) is 0 Å². The predicted molar refractivity (Wildman–Crippen MR) is 67.5 cm³/mol. The van der Waals surface area contributed by atoms with E-state index in [4.69, 9.17) is 0 Å². The molecule has 0 aliphatic rings. The van der Waals surface area contributed by atoms with Crippen LogP contribution in [-0.2, 0) is 22.7 Å². The SMILES string of the molecule is Cc1cc(C(F)(F)F)c2nc(CNS(C)(=O)=O)[nH]c2c1. The molecule has 5 nitrogen and oxygen atoms in total. The number of hydrogen-bond donors (Lipinski definition) is 2. The molecule has 0 bridgehead atoms. The molecule has 0 saturated heterocycles. The molecule has 20 heavy (non-hydrogen) atoms. The van der Waals surface area contributed by atoms with E-state index >= 15 is 0 Å². The number of rotatable bonds is 3. The summed E-state index contributed by atoms with van der Waals surface area (Å²) >= 11 is 0. The maximum atomic E-state index is 12.9. The molecule has 0 aliphatic carbocycles. The second kappa shape index (κ2) is 4.74. The van der Waals surface area contributed by atoms with Crippen LogP contribution < -0.4 is 4.72 Å². The predicted octanol–water partition coefficient (Wildman–Crippen LogP) is 1.94. The van der Waals surface area contributed by atoms with E-state index in [2.05, 4.69) is 14.7 Å². The summed E-state index contributed by atoms with van der Waals surface area (Å²) in [6.07, 6.45) is -3.55. The van der Waals surface area contributed by atoms with Gasteiger partial charge in [0.05, 0.1) is 23.9 Å². The largest absolute Gasteiger partial charge is 0.418 e. The number of fused-ring (bicyclic) bond motifs is 1. The fraction of sp³-hybridized carbons (Fsp3) is 0.364. The Labute approximate surface area is 113 Å². The lowest BCUT2D eigenvalue weighted by Gasteiger charge is -2.07. The lowest BCUT2D eigenvalue weighted by Crippen LogP contribution is -2.21. The van der Waals surface area contributed by atoms with E-state index in [9.17, 15) is 21.6 Å². The standard InChI is InChI=1S/C11H12F3N3O2S/c1-6-3-7(11(12,13)14)10-8(4-6)16-9(17-10)5-15-20(2,18)19/h3-4,15H,5H2,1-2H3,(H,16,17). The zero-order valence-electron chi connectivity index (χ0n) is 10.7. The van der Waals surface area contributed by atoms with Gasteiger partial charge < -0.3 is 4.98 Å². The molecule has 1 aromatic carbocycles. The normalized spacial score (nSPS) is 13.1. The van der Waals surface area contributed by atoms with Crippen LogP contribution in [0.1, 0.15) is 17.0 Å². The highest BCUT2D eigenvalue weighted by Gasteiger charge is 2.34. The fourth-order valence-corrected chi connectivity index (χ4v) is 2.21. The number of alkyl halides is 3. The molecule has 0 amide bonds. The molecular weight excluding hydrogens is 295 g/mol. The highest BCUT2D eigenvalue weighted by molar-refractivity contribution is 7.88. The lowest BCUT2D eigenvalue weighted by molar-refractivity contribution is -0.136. The summed E-state index contributed by atoms with van der Waals surface area (Å²) in [4.78, 5) is 6.50. The second-order valence-corrected chi connectivity index (χ2v) is 6.32. The van der Waals surface area contributed by atoms with Crippen molar-refractivity contribution in [3.05, 3.63) is 29.1 Å². The van der Waals surface area contributed by atoms with Crippen LogP contribution in [0.3, 0.4) is 0 Å². The number of aromatic nitrogens is 2. The van der Waals surface area contributed by atoms with Gasteiger partial charge in [-0.1, -0.05) is 0 Å². The highest BCUT2D eigenvalue weighted by atomic mass is 32.2. The van der Waals surface area contributed by atoms with Crippen LogP contribution in [0.5, 0.6) is 0 Å². The van der Waals surface area contributed by atoms with Crippen molar-refractivity contribution in [3.63, 3.8) is 0 Å². The first kappa shape index (κ1) is 14.8. The molecule has 2 aromatic rings. The summed E-state index contributed by atoms with van der Waals surface area (Å²) in [5.74, 6) is 0.126. The number of nitrogens with zero attached hydrogens (tertiary/aromatic N) is 1. The smallest absolute Gasteiger partial charge is 0.341 e. The van der Waals surface area contributed by atoms with Crippen molar-refractivity contribution in [2.75, 3.05) is 6.26 Å². The number of aryl methyl sites for hydroxylation is 1. The molecule has 110 valence electrons. The summed E-state index contributed by atoms with van der Waals surface area (Å²) in [5, 5.41) is 0. The molecule has 1 heterocycles. The third-order valence-corrected chi connectivity index (χ3v) is 3.26. The summed E-state index contributed by atoms with van der Waals surface area (Å²) in [6, 6.07) is 2.54. The van der Waals surface area contributed by atoms with E-state index in [-0.39, 0.29) is 23.4 Å². The van der Waals surface area contributed by atoms with Gasteiger partial charge >= 0.3 is 6.18 Å². The molecule has 0 aliphatic heterocycles. The minimum absolute atomic E-state index is 0.126. The number of aromatic amines is 1. The minimum atomic E-state index is -4.51. The van der Waals surface area contributed by atoms with E-state index in [0.717, 1.165) is 12.3 Å². The Hall–Kier alpha value is -1.61. The van der Waals surface area contributed by atoms with E-state index in [1.807, 2.05) is 0 Å². The van der Waals surface area contributed by atoms with Gasteiger partial charge in [0.2, 0.25) is 10.0 Å². The number of benzene rings is 1. The first-order valence-corrected chi connectivity index (χ1v) is 7.46. The van der Waals surface area contributed by atoms with E-state index < -0.39 is 21.8 Å². The number of nitrogens with one attached hydrogen (secondary N) is 2. The van der Waals surface area contributed by atoms with E-state index in [0.29, 0.717) is 5.56 Å². The monoisotopic (exact) mass is 307 g/mol. The van der Waals surface area contributed by atoms with Crippen molar-refractivity contribution >= 4 is 21.1 Å². The summed E-state index contributed by atoms with van der Waals surface area (Å²) in [7, 11) is -3.44. The van der Waals surface area contributed by atoms with Crippen LogP contribution in [0.25, 0.3) is 11.0 Å². The van der Waals surface area contributed by atoms with Crippen molar-refractivity contribution < 1.29 is 21.6 Å². The van der Waals surface area contributed by atoms with Crippen LogP contribution in [0, 0.1) is 6.92 Å². The van der Waals surface area contributed by atoms with Crippen molar-refractivity contribution in [1.82, 2.24) is 14.7 Å². The second-order valence-electron chi connectivity index (χ2n) is 4.48. The average molecular weight is 307 g/mol. The Kier molecular flexibility index (Phi) is 3.51. The zero-order chi connectivity index (χ0) is 15.1. The van der Waals surface area contributed by atoms with Gasteiger partial charge in [0.1, 0.15) is 11.3 Å². The molecule has 0 spiro atoms. The van der Waals surface area contributed by atoms with Crippen molar-refractivity contribution in [3.8, 4) is 0 Å². The molecule has 0 saturated carbocycles. The van der Waals surface area contributed by atoms with Gasteiger partial charge in [0, 0.05) is 0 Å². The first-order chi connectivity index (χ1) is 9.06. The molecule has 9 heteroatoms. The van der Waals surface area contributed by atoms with Gasteiger partial charge in [0.15, 0.2) is 0 Å². The molecule has 0 unspecified atom stereocenters. The summed E-state index contributed by atoms with van der Waals surface area (Å²) < 4.78 is 62.9. The molecule has 2 N–H and O–H groups in total. The van der Waals surface area contributed by atoms with Gasteiger partial charge in [-0.25, -0.2) is 18.1 Å². The van der Waals surface area contributed by atoms with Crippen LogP contribution in [0.15, 0.2) is 12.1 Å². The number of sulfonamides is 1. The quantitative estimate of drug-likeness (QED) is 0.910. The number of imidazole rings is 1. The first-order valence-electron chi connectivity index (χ1n) is 5.57. The molecule has 0 atom stereocenters. The van der Waals surface area contributed by atoms with Gasteiger partial charge in [-0.3, -0.25) is 0 Å². The minimum Gasteiger partial charge on any atom is -0.341 e. The Balaban J connectivity index is 2.48. The summed E-state index contributed by atoms with van der Waals surface area (Å²) in [6.45, 7) is 1.35. The van der Waals surface area contributed by atoms with Crippen molar-refractivity contribution in [1.29, 1.82) is 0 Å². The third kappa shape index (κ3) is 3.28. The average Bonchev–Trinajstić information content (AvgIpc) is 2.65. The molecule has 1 aromatic heterocycles. The molecular formula is C11H12F3N3O2S. The Morgan fingerprint density at radius 3 is 2.55 bits per heavy atom. The molecule has 2 rings (SSSR count). The van der Waals surface area contributed by atoms with Crippen molar-refractivity contribution in [2.45, 2.75) is 19.6 Å². The molecule has 0 fully saturated rings. The van der Waals surface area contributed by atoms with Gasteiger partial charge in [-0.05, 0) is 24.6 Å². The number of H-pyrrole nitrogens is 1. The topological polar surface area (TPSA) is 74.8 Å². The Morgan fingerprint density at radius 1 is 1.35 bits per heavy atom. The van der Waals surface area contributed by atoms with Gasteiger partial charge in [-0.2, -0.15) is 13.2 Å². The fourth-order valence-electron chi connectivity index (χ4n) is 1.81. The van der Waals surface area contributed by atoms with Crippen LogP contribution in [0.2, 0.25) is 0 Å². The van der Waals surface area contributed by atoms with Gasteiger partial charge in [0.25, 0.3) is 0 Å². The maximum Gasteiger partial charge on any atom is 0.418 e. The van der Waals surface area contributed by atoms with Crippen LogP contribution in [-0.4, -0.2) is 24.6 Å². The number of hydrogen-bond acceptors (Lipinski definition) is 3. The van der Waals surface area contributed by atoms with Crippen LogP contribution >= 0.6 is 0 Å². The lowest BCUT2D eigenvalue weighted by atomic mass is 10.1. The Bertz CT molecular complexity index is 750. The van der Waals surface area contributed by atoms with E-state index in [1.165, 1.54) is 6.07 Å². The zero-order valence-corrected chi connectivity index (χ0v) is 11.5. The number of halogens is 3. The third-order valence-electron chi connectivity index (χ3n) is 2.59. The van der Waals surface area contributed by atoms with Crippen LogP contribution in [0.4, 0.5) is 13.2 Å². The Morgan fingerprint density at radius 2 is 2.00 bits per heavy atom. The van der Waals surface area contributed by atoms with Gasteiger partial charge in [-0.15, -0.1) is 0 Å². The van der Waals surface area contributed by atoms with E-state index in [1.54, 1.807) is 6.92 Å². The highest BCUT2D eigenvalue weighted by Crippen LogP contribution is 2.34. The summed E-state index contributed by atoms with van der Waals surface area (Å²) in [5.41, 5.74) is -0.388. The molecule has 0 radical (unpaired) electrons.